The molecule has 0 saturated heterocycles. The number of nitrogens with one attached hydrogen (secondary N) is 1. The van der Waals surface area contributed by atoms with Gasteiger partial charge in [-0.05, 0) is 56.5 Å². The molecule has 0 aromatic heterocycles. The molecule has 0 aliphatic rings. The van der Waals surface area contributed by atoms with Crippen molar-refractivity contribution in [2.45, 2.75) is 26.3 Å². The van der Waals surface area contributed by atoms with Crippen LogP contribution in [0, 0.1) is 0 Å². The van der Waals surface area contributed by atoms with Crippen molar-refractivity contribution in [1.29, 1.82) is 0 Å². The number of thioether (sulfide) groups is 1. The summed E-state index contributed by atoms with van der Waals surface area (Å²) in [7, 11) is 0. The van der Waals surface area contributed by atoms with Crippen LogP contribution in [0.2, 0.25) is 0 Å². The fourth-order valence-electron chi connectivity index (χ4n) is 1.67. The van der Waals surface area contributed by atoms with Crippen molar-refractivity contribution in [3.63, 3.8) is 0 Å². The van der Waals surface area contributed by atoms with Gasteiger partial charge < -0.3 is 10.1 Å². The highest BCUT2D eigenvalue weighted by Crippen LogP contribution is 2.17. The normalized spacial score (nSPS) is 12.4. The lowest BCUT2D eigenvalue weighted by atomic mass is 10.1. The Bertz CT molecular complexity index is 300. The third-order valence-corrected chi connectivity index (χ3v) is 3.36. The van der Waals surface area contributed by atoms with Crippen LogP contribution in [0.15, 0.2) is 24.3 Å². The molecule has 1 aromatic carbocycles. The topological polar surface area (TPSA) is 21.3 Å². The molecular formula is C14H23NOS. The van der Waals surface area contributed by atoms with Gasteiger partial charge in [0.25, 0.3) is 0 Å². The molecule has 0 heterocycles. The van der Waals surface area contributed by atoms with Crippen LogP contribution in [0.25, 0.3) is 0 Å². The number of benzene rings is 1. The highest BCUT2D eigenvalue weighted by Gasteiger charge is 2.04. The molecule has 1 unspecified atom stereocenters. The van der Waals surface area contributed by atoms with Crippen LogP contribution < -0.4 is 10.1 Å². The molecule has 0 radical (unpaired) electrons. The molecule has 0 aliphatic carbocycles. The van der Waals surface area contributed by atoms with Crippen LogP contribution in [-0.2, 0) is 0 Å². The van der Waals surface area contributed by atoms with E-state index in [-0.39, 0.29) is 0 Å². The van der Waals surface area contributed by atoms with Crippen LogP contribution in [0.4, 0.5) is 0 Å². The summed E-state index contributed by atoms with van der Waals surface area (Å²) in [5.74, 6) is 2.18. The van der Waals surface area contributed by atoms with Gasteiger partial charge in [0.15, 0.2) is 0 Å². The van der Waals surface area contributed by atoms with E-state index in [1.807, 2.05) is 30.8 Å². The quantitative estimate of drug-likeness (QED) is 0.717. The summed E-state index contributed by atoms with van der Waals surface area (Å²) in [6.07, 6.45) is 3.37. The Hall–Kier alpha value is -0.670. The SMILES string of the molecule is CCOc1ccc(C(C)NCCCSC)cc1. The highest BCUT2D eigenvalue weighted by atomic mass is 32.2. The first kappa shape index (κ1) is 14.4. The zero-order valence-corrected chi connectivity index (χ0v) is 11.8. The van der Waals surface area contributed by atoms with E-state index in [9.17, 15) is 0 Å². The second kappa shape index (κ2) is 8.43. The zero-order chi connectivity index (χ0) is 12.5. The standard InChI is InChI=1S/C14H23NOS/c1-4-16-14-8-6-13(7-9-14)12(2)15-10-5-11-17-3/h6-9,12,15H,4-5,10-11H2,1-3H3. The third kappa shape index (κ3) is 5.46. The lowest BCUT2D eigenvalue weighted by Crippen LogP contribution is -2.20. The Morgan fingerprint density at radius 3 is 2.59 bits per heavy atom. The lowest BCUT2D eigenvalue weighted by molar-refractivity contribution is 0.340. The van der Waals surface area contributed by atoms with Gasteiger partial charge in [0.05, 0.1) is 6.61 Å². The van der Waals surface area contributed by atoms with Gasteiger partial charge in [-0.3, -0.25) is 0 Å². The average molecular weight is 253 g/mol. The number of hydrogen-bond donors (Lipinski definition) is 1. The first-order valence-corrected chi connectivity index (χ1v) is 7.62. The molecule has 1 N–H and O–H groups in total. The Labute approximate surface area is 109 Å². The number of rotatable bonds is 8. The van der Waals surface area contributed by atoms with Crippen molar-refractivity contribution in [3.8, 4) is 5.75 Å². The van der Waals surface area contributed by atoms with Crippen molar-refractivity contribution >= 4 is 11.8 Å². The second-order valence-corrected chi connectivity index (χ2v) is 5.01. The maximum absolute atomic E-state index is 5.43. The van der Waals surface area contributed by atoms with Crippen molar-refractivity contribution in [2.75, 3.05) is 25.2 Å². The van der Waals surface area contributed by atoms with Crippen molar-refractivity contribution in [1.82, 2.24) is 5.32 Å². The lowest BCUT2D eigenvalue weighted by Gasteiger charge is -2.14. The van der Waals surface area contributed by atoms with Gasteiger partial charge in [0.1, 0.15) is 5.75 Å². The van der Waals surface area contributed by atoms with E-state index in [1.54, 1.807) is 0 Å². The van der Waals surface area contributed by atoms with Crippen molar-refractivity contribution < 1.29 is 4.74 Å². The summed E-state index contributed by atoms with van der Waals surface area (Å²) in [6.45, 7) is 6.01. The molecule has 0 amide bonds. The van der Waals surface area contributed by atoms with Crippen LogP contribution in [0.5, 0.6) is 5.75 Å². The van der Waals surface area contributed by atoms with Crippen molar-refractivity contribution in [3.05, 3.63) is 29.8 Å². The van der Waals surface area contributed by atoms with Gasteiger partial charge in [-0.15, -0.1) is 0 Å². The highest BCUT2D eigenvalue weighted by molar-refractivity contribution is 7.98. The summed E-state index contributed by atoms with van der Waals surface area (Å²) >= 11 is 1.90. The van der Waals surface area contributed by atoms with E-state index in [4.69, 9.17) is 4.74 Å². The molecule has 1 rings (SSSR count). The largest absolute Gasteiger partial charge is 0.494 e. The molecule has 2 nitrogen and oxygen atoms in total. The minimum Gasteiger partial charge on any atom is -0.494 e. The maximum Gasteiger partial charge on any atom is 0.119 e. The van der Waals surface area contributed by atoms with E-state index >= 15 is 0 Å². The molecule has 0 aliphatic heterocycles. The Balaban J connectivity index is 2.37. The molecule has 0 bridgehead atoms. The molecule has 17 heavy (non-hydrogen) atoms. The van der Waals surface area contributed by atoms with Gasteiger partial charge >= 0.3 is 0 Å². The van der Waals surface area contributed by atoms with Crippen LogP contribution in [-0.4, -0.2) is 25.2 Å². The predicted octanol–water partition coefficient (Wildman–Crippen LogP) is 3.49. The molecule has 0 saturated carbocycles. The van der Waals surface area contributed by atoms with E-state index in [2.05, 4.69) is 30.6 Å². The maximum atomic E-state index is 5.43. The summed E-state index contributed by atoms with van der Waals surface area (Å²) in [5, 5.41) is 3.53. The number of hydrogen-bond acceptors (Lipinski definition) is 3. The van der Waals surface area contributed by atoms with E-state index < -0.39 is 0 Å². The molecule has 0 fully saturated rings. The first-order chi connectivity index (χ1) is 8.27. The molecule has 3 heteroatoms. The smallest absolute Gasteiger partial charge is 0.119 e. The van der Waals surface area contributed by atoms with Gasteiger partial charge in [-0.1, -0.05) is 12.1 Å². The molecular weight excluding hydrogens is 230 g/mol. The Kier molecular flexibility index (Phi) is 7.13. The van der Waals surface area contributed by atoms with Gasteiger partial charge in [0, 0.05) is 6.04 Å². The second-order valence-electron chi connectivity index (χ2n) is 4.02. The summed E-state index contributed by atoms with van der Waals surface area (Å²) in [5.41, 5.74) is 1.32. The fourth-order valence-corrected chi connectivity index (χ4v) is 2.11. The molecule has 1 aromatic rings. The minimum atomic E-state index is 0.410. The molecule has 1 atom stereocenters. The van der Waals surface area contributed by atoms with E-state index in [0.29, 0.717) is 6.04 Å². The van der Waals surface area contributed by atoms with Crippen LogP contribution in [0.3, 0.4) is 0 Å². The molecule has 96 valence electrons. The van der Waals surface area contributed by atoms with E-state index in [0.717, 1.165) is 18.9 Å². The van der Waals surface area contributed by atoms with Gasteiger partial charge in [0.2, 0.25) is 0 Å². The average Bonchev–Trinajstić information content (AvgIpc) is 2.36. The zero-order valence-electron chi connectivity index (χ0n) is 11.0. The number of ether oxygens (including phenoxy) is 1. The van der Waals surface area contributed by atoms with Gasteiger partial charge in [-0.2, -0.15) is 11.8 Å². The van der Waals surface area contributed by atoms with E-state index in [1.165, 1.54) is 17.7 Å². The monoisotopic (exact) mass is 253 g/mol. The summed E-state index contributed by atoms with van der Waals surface area (Å²) in [4.78, 5) is 0. The Morgan fingerprint density at radius 2 is 2.00 bits per heavy atom. The predicted molar refractivity (Wildman–Crippen MR) is 77.0 cm³/mol. The Morgan fingerprint density at radius 1 is 1.29 bits per heavy atom. The summed E-state index contributed by atoms with van der Waals surface area (Å²) in [6, 6.07) is 8.76. The fraction of sp³-hybridized carbons (Fsp3) is 0.571. The third-order valence-electron chi connectivity index (χ3n) is 2.67. The first-order valence-electron chi connectivity index (χ1n) is 6.23. The van der Waals surface area contributed by atoms with Gasteiger partial charge in [-0.25, -0.2) is 0 Å². The summed E-state index contributed by atoms with van der Waals surface area (Å²) < 4.78 is 5.43. The minimum absolute atomic E-state index is 0.410. The van der Waals surface area contributed by atoms with Crippen LogP contribution in [0.1, 0.15) is 31.9 Å². The van der Waals surface area contributed by atoms with Crippen LogP contribution >= 0.6 is 11.8 Å². The molecule has 0 spiro atoms. The van der Waals surface area contributed by atoms with Crippen molar-refractivity contribution in [2.24, 2.45) is 0 Å².